The van der Waals surface area contributed by atoms with Crippen LogP contribution in [-0.2, 0) is 6.54 Å². The lowest BCUT2D eigenvalue weighted by molar-refractivity contribution is 0.0633. The highest BCUT2D eigenvalue weighted by Gasteiger charge is 2.21. The second-order valence-corrected chi connectivity index (χ2v) is 6.57. The summed E-state index contributed by atoms with van der Waals surface area (Å²) in [4.78, 5) is 21.2. The molecule has 1 saturated heterocycles. The molecule has 3 aromatic rings. The molecule has 0 saturated carbocycles. The van der Waals surface area contributed by atoms with Crippen LogP contribution in [0.5, 0.6) is 0 Å². The number of amides is 1. The third kappa shape index (κ3) is 3.70. The Morgan fingerprint density at radius 3 is 2.31 bits per heavy atom. The van der Waals surface area contributed by atoms with Crippen molar-refractivity contribution in [1.29, 1.82) is 0 Å². The van der Waals surface area contributed by atoms with Crippen molar-refractivity contribution in [2.24, 2.45) is 0 Å². The number of imidazole rings is 1. The van der Waals surface area contributed by atoms with Gasteiger partial charge in [0, 0.05) is 75.3 Å². The van der Waals surface area contributed by atoms with Gasteiger partial charge in [0.05, 0.1) is 6.33 Å². The lowest BCUT2D eigenvalue weighted by Crippen LogP contribution is -2.49. The second-order valence-electron chi connectivity index (χ2n) is 6.57. The summed E-state index contributed by atoms with van der Waals surface area (Å²) in [7, 11) is 0. The molecule has 1 aliphatic heterocycles. The highest BCUT2D eigenvalue weighted by Crippen LogP contribution is 2.13. The smallest absolute Gasteiger partial charge is 0.253 e. The van der Waals surface area contributed by atoms with Crippen LogP contribution in [0.3, 0.4) is 0 Å². The van der Waals surface area contributed by atoms with Gasteiger partial charge in [0.25, 0.3) is 5.91 Å². The van der Waals surface area contributed by atoms with E-state index < -0.39 is 0 Å². The monoisotopic (exact) mass is 349 g/mol. The second kappa shape index (κ2) is 7.58. The highest BCUT2D eigenvalue weighted by atomic mass is 16.2. The summed E-state index contributed by atoms with van der Waals surface area (Å²) in [5.41, 5.74) is 1.82. The van der Waals surface area contributed by atoms with E-state index in [4.69, 9.17) is 0 Å². The van der Waals surface area contributed by atoms with E-state index >= 15 is 0 Å². The summed E-state index contributed by atoms with van der Waals surface area (Å²) in [6, 6.07) is 11.8. The van der Waals surface area contributed by atoms with Gasteiger partial charge in [-0.1, -0.05) is 0 Å². The number of hydrogen-bond donors (Lipinski definition) is 0. The van der Waals surface area contributed by atoms with Crippen LogP contribution in [0.15, 0.2) is 67.5 Å². The fraction of sp³-hybridized carbons (Fsp3) is 0.300. The van der Waals surface area contributed by atoms with E-state index in [9.17, 15) is 4.79 Å². The van der Waals surface area contributed by atoms with Crippen LogP contribution in [0.25, 0.3) is 5.69 Å². The molecule has 0 spiro atoms. The zero-order valence-corrected chi connectivity index (χ0v) is 14.7. The van der Waals surface area contributed by atoms with Gasteiger partial charge in [0.1, 0.15) is 0 Å². The molecule has 0 radical (unpaired) electrons. The van der Waals surface area contributed by atoms with E-state index in [1.807, 2.05) is 70.8 Å². The first-order valence-corrected chi connectivity index (χ1v) is 9.00. The van der Waals surface area contributed by atoms with Gasteiger partial charge in [-0.05, 0) is 36.4 Å². The molecular weight excluding hydrogens is 326 g/mol. The molecule has 3 heterocycles. The summed E-state index contributed by atoms with van der Waals surface area (Å²) >= 11 is 0. The minimum absolute atomic E-state index is 0.123. The molecule has 1 aromatic carbocycles. The van der Waals surface area contributed by atoms with E-state index in [1.165, 1.54) is 0 Å². The summed E-state index contributed by atoms with van der Waals surface area (Å²) < 4.78 is 4.12. The standard InChI is InChI=1S/C20H23N5O/c26-20(18-3-5-19(6-4-18)24-8-1-2-9-24)25-15-13-22(14-16-25)11-12-23-10-7-21-17-23/h1-10,17H,11-16H2. The summed E-state index contributed by atoms with van der Waals surface area (Å²) in [5.74, 6) is 0.123. The number of carbonyl (C=O) groups excluding carboxylic acids is 1. The van der Waals surface area contributed by atoms with Gasteiger partial charge < -0.3 is 14.0 Å². The van der Waals surface area contributed by atoms with Gasteiger partial charge in [0.15, 0.2) is 0 Å². The molecule has 1 fully saturated rings. The first-order valence-electron chi connectivity index (χ1n) is 9.00. The lowest BCUT2D eigenvalue weighted by Gasteiger charge is -2.34. The number of carbonyl (C=O) groups is 1. The number of hydrogen-bond acceptors (Lipinski definition) is 3. The maximum absolute atomic E-state index is 12.7. The van der Waals surface area contributed by atoms with Crippen LogP contribution in [0.2, 0.25) is 0 Å². The molecule has 26 heavy (non-hydrogen) atoms. The number of rotatable bonds is 5. The van der Waals surface area contributed by atoms with Gasteiger partial charge in [-0.3, -0.25) is 9.69 Å². The fourth-order valence-corrected chi connectivity index (χ4v) is 3.32. The topological polar surface area (TPSA) is 46.3 Å². The molecule has 6 heteroatoms. The normalized spacial score (nSPS) is 15.3. The summed E-state index contributed by atoms with van der Waals surface area (Å²) in [6.45, 7) is 5.33. The third-order valence-electron chi connectivity index (χ3n) is 4.91. The van der Waals surface area contributed by atoms with Crippen molar-refractivity contribution in [1.82, 2.24) is 23.9 Å². The van der Waals surface area contributed by atoms with Crippen molar-refractivity contribution in [2.75, 3.05) is 32.7 Å². The molecule has 2 aromatic heterocycles. The zero-order chi connectivity index (χ0) is 17.8. The van der Waals surface area contributed by atoms with Crippen molar-refractivity contribution in [3.05, 3.63) is 73.1 Å². The Labute approximate surface area is 153 Å². The van der Waals surface area contributed by atoms with Crippen LogP contribution in [0.1, 0.15) is 10.4 Å². The van der Waals surface area contributed by atoms with Crippen molar-refractivity contribution >= 4 is 5.91 Å². The maximum atomic E-state index is 12.7. The van der Waals surface area contributed by atoms with Gasteiger partial charge in [0.2, 0.25) is 0 Å². The van der Waals surface area contributed by atoms with E-state index in [-0.39, 0.29) is 5.91 Å². The average molecular weight is 349 g/mol. The minimum Gasteiger partial charge on any atom is -0.336 e. The van der Waals surface area contributed by atoms with Crippen LogP contribution in [-0.4, -0.2) is 62.5 Å². The molecule has 0 unspecified atom stereocenters. The number of benzene rings is 1. The van der Waals surface area contributed by atoms with Gasteiger partial charge in [-0.25, -0.2) is 4.98 Å². The molecule has 1 amide bonds. The minimum atomic E-state index is 0.123. The Kier molecular flexibility index (Phi) is 4.84. The largest absolute Gasteiger partial charge is 0.336 e. The highest BCUT2D eigenvalue weighted by molar-refractivity contribution is 5.94. The average Bonchev–Trinajstić information content (AvgIpc) is 3.40. The van der Waals surface area contributed by atoms with Crippen molar-refractivity contribution in [3.63, 3.8) is 0 Å². The molecule has 0 bridgehead atoms. The number of piperazine rings is 1. The van der Waals surface area contributed by atoms with Crippen LogP contribution in [0, 0.1) is 0 Å². The Hall–Kier alpha value is -2.86. The molecular formula is C20H23N5O. The zero-order valence-electron chi connectivity index (χ0n) is 14.7. The predicted molar refractivity (Wildman–Crippen MR) is 100 cm³/mol. The number of nitrogens with zero attached hydrogens (tertiary/aromatic N) is 5. The Balaban J connectivity index is 1.30. The van der Waals surface area contributed by atoms with Crippen molar-refractivity contribution in [2.45, 2.75) is 6.54 Å². The fourth-order valence-electron chi connectivity index (χ4n) is 3.32. The van der Waals surface area contributed by atoms with Crippen LogP contribution >= 0.6 is 0 Å². The quantitative estimate of drug-likeness (QED) is 0.709. The third-order valence-corrected chi connectivity index (χ3v) is 4.91. The van der Waals surface area contributed by atoms with Gasteiger partial charge in [-0.2, -0.15) is 0 Å². The van der Waals surface area contributed by atoms with E-state index in [0.29, 0.717) is 0 Å². The van der Waals surface area contributed by atoms with Crippen molar-refractivity contribution in [3.8, 4) is 5.69 Å². The summed E-state index contributed by atoms with van der Waals surface area (Å²) in [5, 5.41) is 0. The molecule has 4 rings (SSSR count). The Morgan fingerprint density at radius 2 is 1.65 bits per heavy atom. The first-order chi connectivity index (χ1) is 12.8. The lowest BCUT2D eigenvalue weighted by atomic mass is 10.1. The van der Waals surface area contributed by atoms with Gasteiger partial charge >= 0.3 is 0 Å². The first kappa shape index (κ1) is 16.6. The van der Waals surface area contributed by atoms with E-state index in [0.717, 1.165) is 50.5 Å². The van der Waals surface area contributed by atoms with E-state index in [1.54, 1.807) is 6.20 Å². The Morgan fingerprint density at radius 1 is 0.923 bits per heavy atom. The number of aromatic nitrogens is 3. The molecule has 0 aliphatic carbocycles. The van der Waals surface area contributed by atoms with Gasteiger partial charge in [-0.15, -0.1) is 0 Å². The maximum Gasteiger partial charge on any atom is 0.253 e. The van der Waals surface area contributed by atoms with Crippen LogP contribution in [0.4, 0.5) is 0 Å². The molecule has 134 valence electrons. The SMILES string of the molecule is O=C(c1ccc(-n2cccc2)cc1)N1CCN(CCn2ccnc2)CC1. The van der Waals surface area contributed by atoms with Crippen LogP contribution < -0.4 is 0 Å². The molecule has 0 N–H and O–H groups in total. The molecule has 1 aliphatic rings. The van der Waals surface area contributed by atoms with E-state index in [2.05, 4.69) is 14.5 Å². The molecule has 0 atom stereocenters. The molecule has 6 nitrogen and oxygen atoms in total. The predicted octanol–water partition coefficient (Wildman–Crippen LogP) is 2.13. The Bertz CT molecular complexity index is 816. The summed E-state index contributed by atoms with van der Waals surface area (Å²) in [6.07, 6.45) is 9.63. The van der Waals surface area contributed by atoms with Crippen molar-refractivity contribution < 1.29 is 4.79 Å².